The number of nitrogens with one attached hydrogen (secondary N) is 1. The fourth-order valence-electron chi connectivity index (χ4n) is 2.36. The third kappa shape index (κ3) is 4.82. The predicted octanol–water partition coefficient (Wildman–Crippen LogP) is 6.01. The molecule has 0 saturated carbocycles. The number of rotatable bonds is 5. The van der Waals surface area contributed by atoms with Gasteiger partial charge in [-0.1, -0.05) is 23.2 Å². The first-order valence-electron chi connectivity index (χ1n) is 8.01. The number of carbonyl (C=O) groups excluding carboxylic acids is 1. The Morgan fingerprint density at radius 1 is 0.897 bits per heavy atom. The molecule has 2 N–H and O–H groups in total. The molecular weight excluding hydrogens is 427 g/mol. The summed E-state index contributed by atoms with van der Waals surface area (Å²) < 4.78 is 32.4. The Labute approximate surface area is 173 Å². The molecule has 5 nitrogen and oxygen atoms in total. The number of amides is 1. The van der Waals surface area contributed by atoms with Crippen molar-refractivity contribution >= 4 is 40.8 Å². The third-order valence-electron chi connectivity index (χ3n) is 3.77. The Balaban J connectivity index is 1.92. The molecule has 3 aromatic rings. The fourth-order valence-corrected chi connectivity index (χ4v) is 2.68. The molecule has 0 atom stereocenters. The van der Waals surface area contributed by atoms with E-state index in [4.69, 9.17) is 33.0 Å². The number of anilines is 1. The number of carboxylic acids is 1. The second-order valence-corrected chi connectivity index (χ2v) is 6.59. The minimum atomic E-state index is -1.11. The molecule has 0 unspecified atom stereocenters. The van der Waals surface area contributed by atoms with Crippen LogP contribution in [0.25, 0.3) is 0 Å². The highest BCUT2D eigenvalue weighted by atomic mass is 35.5. The monoisotopic (exact) mass is 437 g/mol. The molecule has 0 aromatic heterocycles. The quantitative estimate of drug-likeness (QED) is 0.511. The van der Waals surface area contributed by atoms with Gasteiger partial charge in [-0.05, 0) is 42.5 Å². The summed E-state index contributed by atoms with van der Waals surface area (Å²) in [5.74, 6) is -3.94. The van der Waals surface area contributed by atoms with Crippen molar-refractivity contribution in [2.45, 2.75) is 0 Å². The van der Waals surface area contributed by atoms with Crippen LogP contribution in [0.1, 0.15) is 20.7 Å². The molecule has 9 heteroatoms. The van der Waals surface area contributed by atoms with E-state index in [9.17, 15) is 18.4 Å². The number of aromatic carboxylic acids is 1. The Morgan fingerprint density at radius 3 is 2.17 bits per heavy atom. The van der Waals surface area contributed by atoms with E-state index < -0.39 is 23.5 Å². The minimum Gasteiger partial charge on any atom is -0.478 e. The fraction of sp³-hybridized carbons (Fsp3) is 0. The van der Waals surface area contributed by atoms with Crippen molar-refractivity contribution in [3.05, 3.63) is 87.4 Å². The molecule has 0 aliphatic heterocycles. The molecule has 0 radical (unpaired) electrons. The zero-order valence-electron chi connectivity index (χ0n) is 14.4. The van der Waals surface area contributed by atoms with Crippen molar-refractivity contribution in [3.8, 4) is 11.5 Å². The van der Waals surface area contributed by atoms with E-state index in [1.165, 1.54) is 36.4 Å². The van der Waals surface area contributed by atoms with Crippen LogP contribution in [0, 0.1) is 11.6 Å². The van der Waals surface area contributed by atoms with Crippen molar-refractivity contribution in [2.75, 3.05) is 5.32 Å². The van der Waals surface area contributed by atoms with Crippen LogP contribution in [0.3, 0.4) is 0 Å². The van der Waals surface area contributed by atoms with E-state index in [-0.39, 0.29) is 32.7 Å². The number of benzene rings is 3. The Hall–Kier alpha value is -3.16. The predicted molar refractivity (Wildman–Crippen MR) is 104 cm³/mol. The molecule has 29 heavy (non-hydrogen) atoms. The molecule has 0 aliphatic rings. The van der Waals surface area contributed by atoms with Gasteiger partial charge in [0.2, 0.25) is 0 Å². The standard InChI is InChI=1S/C20H11Cl2F2NO4/c21-14-8-13(19(26)25-12-4-1-10(2-5-12)20(27)28)18(9-15(14)22)29-17-6-3-11(23)7-16(17)24/h1-9H,(H,25,26)(H,27,28). The Bertz CT molecular complexity index is 1100. The van der Waals surface area contributed by atoms with Gasteiger partial charge in [0.1, 0.15) is 11.6 Å². The summed E-state index contributed by atoms with van der Waals surface area (Å²) >= 11 is 12.0. The zero-order valence-corrected chi connectivity index (χ0v) is 15.9. The van der Waals surface area contributed by atoms with Gasteiger partial charge in [-0.3, -0.25) is 4.79 Å². The number of halogens is 4. The summed E-state index contributed by atoms with van der Waals surface area (Å²) in [4.78, 5) is 23.6. The molecule has 0 heterocycles. The molecular formula is C20H11Cl2F2NO4. The van der Waals surface area contributed by atoms with E-state index in [2.05, 4.69) is 5.32 Å². The first kappa shape index (κ1) is 20.6. The number of carboxylic acid groups (broad SMARTS) is 1. The number of carbonyl (C=O) groups is 2. The summed E-state index contributed by atoms with van der Waals surface area (Å²) in [6.45, 7) is 0. The molecule has 3 aromatic carbocycles. The minimum absolute atomic E-state index is 0.0494. The summed E-state index contributed by atoms with van der Waals surface area (Å²) in [5.41, 5.74) is 0.295. The van der Waals surface area contributed by atoms with Crippen molar-refractivity contribution < 1.29 is 28.2 Å². The van der Waals surface area contributed by atoms with Gasteiger partial charge in [-0.15, -0.1) is 0 Å². The Kier molecular flexibility index (Phi) is 6.00. The van der Waals surface area contributed by atoms with Crippen molar-refractivity contribution in [3.63, 3.8) is 0 Å². The van der Waals surface area contributed by atoms with Gasteiger partial charge in [-0.25, -0.2) is 13.6 Å². The van der Waals surface area contributed by atoms with Crippen LogP contribution in [-0.4, -0.2) is 17.0 Å². The van der Waals surface area contributed by atoms with Crippen molar-refractivity contribution in [1.82, 2.24) is 0 Å². The average molecular weight is 438 g/mol. The largest absolute Gasteiger partial charge is 0.478 e. The summed E-state index contributed by atoms with van der Waals surface area (Å²) in [6, 6.07) is 10.6. The highest BCUT2D eigenvalue weighted by Crippen LogP contribution is 2.35. The van der Waals surface area contributed by atoms with Crippen LogP contribution in [0.4, 0.5) is 14.5 Å². The van der Waals surface area contributed by atoms with Gasteiger partial charge < -0.3 is 15.2 Å². The highest BCUT2D eigenvalue weighted by Gasteiger charge is 2.18. The lowest BCUT2D eigenvalue weighted by Gasteiger charge is -2.13. The lowest BCUT2D eigenvalue weighted by Crippen LogP contribution is -2.13. The molecule has 148 valence electrons. The lowest BCUT2D eigenvalue weighted by molar-refractivity contribution is 0.0696. The van der Waals surface area contributed by atoms with Gasteiger partial charge in [0.15, 0.2) is 11.6 Å². The van der Waals surface area contributed by atoms with E-state index >= 15 is 0 Å². The van der Waals surface area contributed by atoms with Crippen LogP contribution in [0.2, 0.25) is 10.0 Å². The van der Waals surface area contributed by atoms with Gasteiger partial charge in [0, 0.05) is 17.8 Å². The number of ether oxygens (including phenoxy) is 1. The van der Waals surface area contributed by atoms with Crippen molar-refractivity contribution in [2.24, 2.45) is 0 Å². The van der Waals surface area contributed by atoms with Gasteiger partial charge >= 0.3 is 5.97 Å². The van der Waals surface area contributed by atoms with Crippen LogP contribution in [0.5, 0.6) is 11.5 Å². The first-order chi connectivity index (χ1) is 13.7. The van der Waals surface area contributed by atoms with Gasteiger partial charge in [0.25, 0.3) is 5.91 Å². The maximum Gasteiger partial charge on any atom is 0.335 e. The first-order valence-corrected chi connectivity index (χ1v) is 8.77. The van der Waals surface area contributed by atoms with E-state index in [1.807, 2.05) is 0 Å². The van der Waals surface area contributed by atoms with Crippen LogP contribution in [0.15, 0.2) is 54.6 Å². The normalized spacial score (nSPS) is 10.5. The molecule has 0 saturated heterocycles. The SMILES string of the molecule is O=C(O)c1ccc(NC(=O)c2cc(Cl)c(Cl)cc2Oc2ccc(F)cc2F)cc1. The second kappa shape index (κ2) is 8.46. The smallest absolute Gasteiger partial charge is 0.335 e. The maximum absolute atomic E-state index is 13.9. The molecule has 1 amide bonds. The molecule has 0 fully saturated rings. The number of hydrogen-bond acceptors (Lipinski definition) is 3. The van der Waals surface area contributed by atoms with Gasteiger partial charge in [0.05, 0.1) is 21.2 Å². The van der Waals surface area contributed by atoms with Crippen LogP contribution < -0.4 is 10.1 Å². The molecule has 0 spiro atoms. The summed E-state index contributed by atoms with van der Waals surface area (Å²) in [6.07, 6.45) is 0. The molecule has 3 rings (SSSR count). The topological polar surface area (TPSA) is 75.6 Å². The lowest BCUT2D eigenvalue weighted by atomic mass is 10.1. The van der Waals surface area contributed by atoms with Crippen LogP contribution >= 0.6 is 23.2 Å². The van der Waals surface area contributed by atoms with Crippen molar-refractivity contribution in [1.29, 1.82) is 0 Å². The van der Waals surface area contributed by atoms with E-state index in [0.29, 0.717) is 11.8 Å². The average Bonchev–Trinajstić information content (AvgIpc) is 2.67. The Morgan fingerprint density at radius 2 is 1.55 bits per heavy atom. The van der Waals surface area contributed by atoms with Gasteiger partial charge in [-0.2, -0.15) is 0 Å². The second-order valence-electron chi connectivity index (χ2n) is 5.78. The molecule has 0 bridgehead atoms. The number of hydrogen-bond donors (Lipinski definition) is 2. The third-order valence-corrected chi connectivity index (χ3v) is 4.49. The molecule has 0 aliphatic carbocycles. The van der Waals surface area contributed by atoms with E-state index in [1.54, 1.807) is 0 Å². The summed E-state index contributed by atoms with van der Waals surface area (Å²) in [7, 11) is 0. The van der Waals surface area contributed by atoms with Crippen LogP contribution in [-0.2, 0) is 0 Å². The summed E-state index contributed by atoms with van der Waals surface area (Å²) in [5, 5.41) is 11.6. The highest BCUT2D eigenvalue weighted by molar-refractivity contribution is 6.42. The van der Waals surface area contributed by atoms with E-state index in [0.717, 1.165) is 12.1 Å². The maximum atomic E-state index is 13.9. The zero-order chi connectivity index (χ0) is 21.1.